The van der Waals surface area contributed by atoms with Crippen LogP contribution >= 0.6 is 0 Å². The Bertz CT molecular complexity index is 685. The number of hydrogen-bond acceptors (Lipinski definition) is 5. The van der Waals surface area contributed by atoms with Crippen molar-refractivity contribution in [3.8, 4) is 11.4 Å². The van der Waals surface area contributed by atoms with Gasteiger partial charge in [0.05, 0.1) is 0 Å². The first-order valence-corrected chi connectivity index (χ1v) is 8.59. The predicted octanol–water partition coefficient (Wildman–Crippen LogP) is 2.65. The average Bonchev–Trinajstić information content (AvgIpc) is 2.58. The van der Waals surface area contributed by atoms with Crippen LogP contribution in [-0.4, -0.2) is 54.0 Å². The van der Waals surface area contributed by atoms with Crippen LogP contribution in [0.1, 0.15) is 30.8 Å². The van der Waals surface area contributed by atoms with E-state index in [0.717, 1.165) is 25.1 Å². The van der Waals surface area contributed by atoms with Gasteiger partial charge < -0.3 is 15.5 Å². The predicted molar refractivity (Wildman–Crippen MR) is 102 cm³/mol. The van der Waals surface area contributed by atoms with Gasteiger partial charge in [0.2, 0.25) is 0 Å². The van der Waals surface area contributed by atoms with Gasteiger partial charge in [-0.1, -0.05) is 30.3 Å². The number of amides is 1. The molecule has 0 atom stereocenters. The SMILES string of the molecule is CC(C)NC(=O)c1cc(NCCCN(C)C)nc(-c2ccccc2)n1. The molecule has 134 valence electrons. The van der Waals surface area contributed by atoms with E-state index in [9.17, 15) is 4.79 Å². The Balaban J connectivity index is 2.23. The van der Waals surface area contributed by atoms with E-state index in [1.54, 1.807) is 6.07 Å². The third-order valence-electron chi connectivity index (χ3n) is 3.50. The Morgan fingerprint density at radius 1 is 1.16 bits per heavy atom. The average molecular weight is 341 g/mol. The highest BCUT2D eigenvalue weighted by molar-refractivity contribution is 5.93. The zero-order chi connectivity index (χ0) is 18.2. The van der Waals surface area contributed by atoms with Crippen molar-refractivity contribution >= 4 is 11.7 Å². The number of nitrogens with zero attached hydrogens (tertiary/aromatic N) is 3. The summed E-state index contributed by atoms with van der Waals surface area (Å²) in [4.78, 5) is 23.5. The summed E-state index contributed by atoms with van der Waals surface area (Å²) < 4.78 is 0. The molecule has 1 aromatic heterocycles. The van der Waals surface area contributed by atoms with Gasteiger partial charge >= 0.3 is 0 Å². The molecule has 0 unspecified atom stereocenters. The molecule has 0 radical (unpaired) electrons. The maximum Gasteiger partial charge on any atom is 0.270 e. The van der Waals surface area contributed by atoms with E-state index >= 15 is 0 Å². The molecule has 0 aliphatic rings. The van der Waals surface area contributed by atoms with Gasteiger partial charge in [-0.05, 0) is 40.9 Å². The lowest BCUT2D eigenvalue weighted by atomic mass is 10.2. The van der Waals surface area contributed by atoms with Crippen molar-refractivity contribution in [1.82, 2.24) is 20.2 Å². The van der Waals surface area contributed by atoms with Crippen LogP contribution in [0.25, 0.3) is 11.4 Å². The van der Waals surface area contributed by atoms with Gasteiger partial charge in [-0.2, -0.15) is 0 Å². The monoisotopic (exact) mass is 341 g/mol. The van der Waals surface area contributed by atoms with Crippen molar-refractivity contribution in [2.75, 3.05) is 32.5 Å². The number of rotatable bonds is 8. The van der Waals surface area contributed by atoms with Crippen LogP contribution in [0.4, 0.5) is 5.82 Å². The zero-order valence-electron chi connectivity index (χ0n) is 15.4. The first-order chi connectivity index (χ1) is 12.0. The summed E-state index contributed by atoms with van der Waals surface area (Å²) in [7, 11) is 4.10. The normalized spacial score (nSPS) is 11.0. The molecule has 0 bridgehead atoms. The Hall–Kier alpha value is -2.47. The van der Waals surface area contributed by atoms with Crippen LogP contribution in [-0.2, 0) is 0 Å². The summed E-state index contributed by atoms with van der Waals surface area (Å²) >= 11 is 0. The molecule has 2 rings (SSSR count). The summed E-state index contributed by atoms with van der Waals surface area (Å²) in [5, 5.41) is 6.18. The fraction of sp³-hybridized carbons (Fsp3) is 0.421. The maximum absolute atomic E-state index is 12.4. The molecule has 25 heavy (non-hydrogen) atoms. The third-order valence-corrected chi connectivity index (χ3v) is 3.50. The number of nitrogens with one attached hydrogen (secondary N) is 2. The molecule has 0 aliphatic heterocycles. The second-order valence-electron chi connectivity index (χ2n) is 6.54. The topological polar surface area (TPSA) is 70.2 Å². The molecule has 2 N–H and O–H groups in total. The van der Waals surface area contributed by atoms with Crippen LogP contribution in [0, 0.1) is 0 Å². The van der Waals surface area contributed by atoms with Gasteiger partial charge in [0.25, 0.3) is 5.91 Å². The van der Waals surface area contributed by atoms with E-state index in [-0.39, 0.29) is 11.9 Å². The molecule has 1 aromatic carbocycles. The van der Waals surface area contributed by atoms with E-state index in [1.807, 2.05) is 58.3 Å². The van der Waals surface area contributed by atoms with Gasteiger partial charge in [-0.3, -0.25) is 4.79 Å². The summed E-state index contributed by atoms with van der Waals surface area (Å²) in [6.07, 6.45) is 0.991. The molecule has 6 heteroatoms. The highest BCUT2D eigenvalue weighted by Gasteiger charge is 2.13. The van der Waals surface area contributed by atoms with Crippen molar-refractivity contribution in [3.63, 3.8) is 0 Å². The molecule has 6 nitrogen and oxygen atoms in total. The Labute approximate surface area is 149 Å². The van der Waals surface area contributed by atoms with E-state index in [2.05, 4.69) is 25.5 Å². The molecule has 0 saturated carbocycles. The molecular formula is C19H27N5O. The number of hydrogen-bond donors (Lipinski definition) is 2. The van der Waals surface area contributed by atoms with Gasteiger partial charge in [0, 0.05) is 24.2 Å². The van der Waals surface area contributed by atoms with Gasteiger partial charge in [0.1, 0.15) is 11.5 Å². The summed E-state index contributed by atoms with van der Waals surface area (Å²) in [6, 6.07) is 11.5. The first-order valence-electron chi connectivity index (χ1n) is 8.59. The van der Waals surface area contributed by atoms with Crippen molar-refractivity contribution < 1.29 is 4.79 Å². The van der Waals surface area contributed by atoms with Crippen LogP contribution in [0.5, 0.6) is 0 Å². The van der Waals surface area contributed by atoms with Crippen LogP contribution in [0.3, 0.4) is 0 Å². The maximum atomic E-state index is 12.4. The minimum absolute atomic E-state index is 0.0548. The zero-order valence-corrected chi connectivity index (χ0v) is 15.4. The van der Waals surface area contributed by atoms with Crippen LogP contribution in [0.15, 0.2) is 36.4 Å². The van der Waals surface area contributed by atoms with E-state index in [4.69, 9.17) is 0 Å². The Morgan fingerprint density at radius 2 is 1.88 bits per heavy atom. The Morgan fingerprint density at radius 3 is 2.52 bits per heavy atom. The fourth-order valence-electron chi connectivity index (χ4n) is 2.32. The van der Waals surface area contributed by atoms with E-state index < -0.39 is 0 Å². The minimum atomic E-state index is -0.189. The van der Waals surface area contributed by atoms with Gasteiger partial charge in [0.15, 0.2) is 5.82 Å². The second-order valence-corrected chi connectivity index (χ2v) is 6.54. The summed E-state index contributed by atoms with van der Waals surface area (Å²) in [5.74, 6) is 1.03. The largest absolute Gasteiger partial charge is 0.370 e. The lowest BCUT2D eigenvalue weighted by molar-refractivity contribution is 0.0938. The molecule has 0 saturated heterocycles. The second kappa shape index (κ2) is 9.13. The summed E-state index contributed by atoms with van der Waals surface area (Å²) in [5.41, 5.74) is 1.26. The summed E-state index contributed by atoms with van der Waals surface area (Å²) in [6.45, 7) is 5.63. The highest BCUT2D eigenvalue weighted by atomic mass is 16.1. The minimum Gasteiger partial charge on any atom is -0.370 e. The molecule has 2 aromatic rings. The lowest BCUT2D eigenvalue weighted by Gasteiger charge is -2.13. The van der Waals surface area contributed by atoms with E-state index in [1.165, 1.54) is 0 Å². The third kappa shape index (κ3) is 6.15. The number of carbonyl (C=O) groups excluding carboxylic acids is 1. The smallest absolute Gasteiger partial charge is 0.270 e. The van der Waals surface area contributed by atoms with Crippen molar-refractivity contribution in [2.24, 2.45) is 0 Å². The quantitative estimate of drug-likeness (QED) is 0.722. The number of anilines is 1. The molecular weight excluding hydrogens is 314 g/mol. The molecule has 0 spiro atoms. The van der Waals surface area contributed by atoms with Crippen molar-refractivity contribution in [2.45, 2.75) is 26.3 Å². The number of aromatic nitrogens is 2. The number of carbonyl (C=O) groups is 1. The molecule has 0 fully saturated rings. The lowest BCUT2D eigenvalue weighted by Crippen LogP contribution is -2.31. The first kappa shape index (κ1) is 18.9. The van der Waals surface area contributed by atoms with E-state index in [0.29, 0.717) is 17.3 Å². The standard InChI is InChI=1S/C19H27N5O/c1-14(2)21-19(25)16-13-17(20-11-8-12-24(3)4)23-18(22-16)15-9-6-5-7-10-15/h5-7,9-10,13-14H,8,11-12H2,1-4H3,(H,21,25)(H,20,22,23). The fourth-order valence-corrected chi connectivity index (χ4v) is 2.32. The van der Waals surface area contributed by atoms with Crippen molar-refractivity contribution in [1.29, 1.82) is 0 Å². The van der Waals surface area contributed by atoms with Crippen LogP contribution in [0.2, 0.25) is 0 Å². The van der Waals surface area contributed by atoms with Gasteiger partial charge in [-0.25, -0.2) is 9.97 Å². The molecule has 1 heterocycles. The number of benzene rings is 1. The molecule has 1 amide bonds. The van der Waals surface area contributed by atoms with Crippen LogP contribution < -0.4 is 10.6 Å². The van der Waals surface area contributed by atoms with Crippen molar-refractivity contribution in [3.05, 3.63) is 42.1 Å². The Kier molecular flexibility index (Phi) is 6.89. The van der Waals surface area contributed by atoms with Gasteiger partial charge in [-0.15, -0.1) is 0 Å². The molecule has 0 aliphatic carbocycles. The highest BCUT2D eigenvalue weighted by Crippen LogP contribution is 2.18.